The van der Waals surface area contributed by atoms with Gasteiger partial charge in [-0.1, -0.05) is 0 Å². The van der Waals surface area contributed by atoms with Gasteiger partial charge in [0.2, 0.25) is 0 Å². The highest BCUT2D eigenvalue weighted by molar-refractivity contribution is 5.72. The van der Waals surface area contributed by atoms with Crippen LogP contribution in [0.4, 0.5) is 19.0 Å². The Balaban J connectivity index is 2.94. The van der Waals surface area contributed by atoms with E-state index in [-0.39, 0.29) is 5.82 Å². The standard InChI is InChI=1S/C8H8F3N3O2/c1-14(3-7(15)16)6-2-5(8(9,10)11)12-4-13-6/h2,4H,3H2,1H3,(H,15,16). The van der Waals surface area contributed by atoms with Gasteiger partial charge >= 0.3 is 12.1 Å². The molecule has 0 atom stereocenters. The lowest BCUT2D eigenvalue weighted by Gasteiger charge is -2.16. The van der Waals surface area contributed by atoms with E-state index in [4.69, 9.17) is 5.11 Å². The van der Waals surface area contributed by atoms with Crippen LogP contribution in [0.5, 0.6) is 0 Å². The van der Waals surface area contributed by atoms with Gasteiger partial charge in [0.05, 0.1) is 0 Å². The van der Waals surface area contributed by atoms with Crippen LogP contribution < -0.4 is 4.90 Å². The molecule has 0 bridgehead atoms. The van der Waals surface area contributed by atoms with Gasteiger partial charge < -0.3 is 10.0 Å². The molecule has 0 radical (unpaired) electrons. The number of halogens is 3. The van der Waals surface area contributed by atoms with Gasteiger partial charge in [-0.25, -0.2) is 9.97 Å². The Bertz CT molecular complexity index is 394. The molecule has 5 nitrogen and oxygen atoms in total. The summed E-state index contributed by atoms with van der Waals surface area (Å²) in [4.78, 5) is 18.1. The molecule has 0 saturated heterocycles. The maximum Gasteiger partial charge on any atom is 0.433 e. The highest BCUT2D eigenvalue weighted by Gasteiger charge is 2.33. The zero-order valence-electron chi connectivity index (χ0n) is 8.19. The van der Waals surface area contributed by atoms with E-state index in [2.05, 4.69) is 9.97 Å². The SMILES string of the molecule is CN(CC(=O)O)c1cc(C(F)(F)F)ncn1. The highest BCUT2D eigenvalue weighted by Crippen LogP contribution is 2.28. The second-order valence-electron chi connectivity index (χ2n) is 3.01. The van der Waals surface area contributed by atoms with Gasteiger partial charge in [0, 0.05) is 13.1 Å². The first kappa shape index (κ1) is 12.2. The van der Waals surface area contributed by atoms with Crippen LogP contribution in [-0.2, 0) is 11.0 Å². The Morgan fingerprint density at radius 1 is 1.50 bits per heavy atom. The van der Waals surface area contributed by atoms with Crippen molar-refractivity contribution in [1.29, 1.82) is 0 Å². The maximum absolute atomic E-state index is 12.3. The molecule has 0 aliphatic rings. The summed E-state index contributed by atoms with van der Waals surface area (Å²) in [5.41, 5.74) is -1.10. The summed E-state index contributed by atoms with van der Waals surface area (Å²) >= 11 is 0. The maximum atomic E-state index is 12.3. The van der Waals surface area contributed by atoms with Gasteiger partial charge in [-0.2, -0.15) is 13.2 Å². The van der Waals surface area contributed by atoms with Gasteiger partial charge in [0.1, 0.15) is 24.4 Å². The van der Waals surface area contributed by atoms with Crippen molar-refractivity contribution in [1.82, 2.24) is 9.97 Å². The minimum absolute atomic E-state index is 0.0928. The van der Waals surface area contributed by atoms with E-state index in [1.54, 1.807) is 0 Å². The molecule has 0 aliphatic carbocycles. The van der Waals surface area contributed by atoms with Crippen LogP contribution in [0.3, 0.4) is 0 Å². The van der Waals surface area contributed by atoms with Crippen LogP contribution in [0.2, 0.25) is 0 Å². The molecule has 1 aromatic heterocycles. The summed E-state index contributed by atoms with van der Waals surface area (Å²) < 4.78 is 36.8. The van der Waals surface area contributed by atoms with Crippen molar-refractivity contribution < 1.29 is 23.1 Å². The van der Waals surface area contributed by atoms with Crippen LogP contribution in [0.1, 0.15) is 5.69 Å². The molecule has 0 aliphatic heterocycles. The Kier molecular flexibility index (Phi) is 3.31. The molecular formula is C8H8F3N3O2. The predicted octanol–water partition coefficient (Wildman–Crippen LogP) is 1.02. The van der Waals surface area contributed by atoms with E-state index < -0.39 is 24.4 Å². The van der Waals surface area contributed by atoms with E-state index in [1.165, 1.54) is 7.05 Å². The minimum atomic E-state index is -4.57. The molecule has 1 heterocycles. The van der Waals surface area contributed by atoms with Crippen LogP contribution in [0, 0.1) is 0 Å². The number of rotatable bonds is 3. The molecule has 8 heteroatoms. The summed E-state index contributed by atoms with van der Waals surface area (Å²) in [5.74, 6) is -1.25. The van der Waals surface area contributed by atoms with E-state index in [9.17, 15) is 18.0 Å². The Labute approximate surface area is 88.5 Å². The first-order valence-electron chi connectivity index (χ1n) is 4.13. The van der Waals surface area contributed by atoms with Crippen molar-refractivity contribution >= 4 is 11.8 Å². The first-order chi connectivity index (χ1) is 7.30. The summed E-state index contributed by atoms with van der Waals surface area (Å²) in [5, 5.41) is 8.47. The lowest BCUT2D eigenvalue weighted by atomic mass is 10.3. The van der Waals surface area contributed by atoms with Crippen molar-refractivity contribution in [2.24, 2.45) is 0 Å². The largest absolute Gasteiger partial charge is 0.480 e. The monoisotopic (exact) mass is 235 g/mol. The van der Waals surface area contributed by atoms with Crippen molar-refractivity contribution in [3.63, 3.8) is 0 Å². The summed E-state index contributed by atoms with van der Waals surface area (Å²) in [6.45, 7) is -0.436. The fourth-order valence-electron chi connectivity index (χ4n) is 0.995. The number of anilines is 1. The number of aliphatic carboxylic acids is 1. The van der Waals surface area contributed by atoms with Crippen molar-refractivity contribution in [3.05, 3.63) is 18.1 Å². The van der Waals surface area contributed by atoms with Crippen LogP contribution in [0.15, 0.2) is 12.4 Å². The van der Waals surface area contributed by atoms with Gasteiger partial charge in [-0.15, -0.1) is 0 Å². The minimum Gasteiger partial charge on any atom is -0.480 e. The third-order valence-corrected chi connectivity index (χ3v) is 1.71. The molecule has 16 heavy (non-hydrogen) atoms. The summed E-state index contributed by atoms with van der Waals surface area (Å²) in [7, 11) is 1.33. The second kappa shape index (κ2) is 4.33. The normalized spacial score (nSPS) is 11.2. The fourth-order valence-corrected chi connectivity index (χ4v) is 0.995. The molecule has 0 fully saturated rings. The topological polar surface area (TPSA) is 66.3 Å². The van der Waals surface area contributed by atoms with E-state index in [1.807, 2.05) is 0 Å². The molecule has 1 aromatic rings. The van der Waals surface area contributed by atoms with Gasteiger partial charge in [-0.05, 0) is 0 Å². The number of alkyl halides is 3. The van der Waals surface area contributed by atoms with E-state index in [0.717, 1.165) is 11.2 Å². The number of hydrogen-bond acceptors (Lipinski definition) is 4. The van der Waals surface area contributed by atoms with Crippen molar-refractivity contribution in [3.8, 4) is 0 Å². The molecule has 0 saturated carbocycles. The quantitative estimate of drug-likeness (QED) is 0.847. The lowest BCUT2D eigenvalue weighted by Crippen LogP contribution is -2.26. The zero-order valence-corrected chi connectivity index (χ0v) is 8.19. The average Bonchev–Trinajstić information content (AvgIpc) is 2.15. The van der Waals surface area contributed by atoms with Gasteiger partial charge in [0.15, 0.2) is 0 Å². The number of carbonyl (C=O) groups is 1. The average molecular weight is 235 g/mol. The molecule has 1 N–H and O–H groups in total. The summed E-state index contributed by atoms with van der Waals surface area (Å²) in [6.07, 6.45) is -3.82. The van der Waals surface area contributed by atoms with Crippen LogP contribution in [0.25, 0.3) is 0 Å². The van der Waals surface area contributed by atoms with E-state index in [0.29, 0.717) is 6.07 Å². The van der Waals surface area contributed by atoms with Crippen LogP contribution in [-0.4, -0.2) is 34.6 Å². The molecule has 0 spiro atoms. The Morgan fingerprint density at radius 2 is 2.12 bits per heavy atom. The fraction of sp³-hybridized carbons (Fsp3) is 0.375. The first-order valence-corrected chi connectivity index (χ1v) is 4.13. The molecule has 1 rings (SSSR count). The third kappa shape index (κ3) is 3.07. The molecule has 0 unspecified atom stereocenters. The van der Waals surface area contributed by atoms with E-state index >= 15 is 0 Å². The number of hydrogen-bond donors (Lipinski definition) is 1. The Hall–Kier alpha value is -1.86. The number of nitrogens with zero attached hydrogens (tertiary/aromatic N) is 3. The second-order valence-corrected chi connectivity index (χ2v) is 3.01. The molecular weight excluding hydrogens is 227 g/mol. The number of aromatic nitrogens is 2. The zero-order chi connectivity index (χ0) is 12.3. The lowest BCUT2D eigenvalue weighted by molar-refractivity contribution is -0.141. The van der Waals surface area contributed by atoms with Gasteiger partial charge in [-0.3, -0.25) is 4.79 Å². The van der Waals surface area contributed by atoms with Crippen molar-refractivity contribution in [2.45, 2.75) is 6.18 Å². The molecule has 0 aromatic carbocycles. The smallest absolute Gasteiger partial charge is 0.433 e. The van der Waals surface area contributed by atoms with Crippen molar-refractivity contribution in [2.75, 3.05) is 18.5 Å². The molecule has 88 valence electrons. The predicted molar refractivity (Wildman–Crippen MR) is 47.9 cm³/mol. The highest BCUT2D eigenvalue weighted by atomic mass is 19.4. The van der Waals surface area contributed by atoms with Crippen LogP contribution >= 0.6 is 0 Å². The Morgan fingerprint density at radius 3 is 2.62 bits per heavy atom. The number of likely N-dealkylation sites (N-methyl/N-ethyl adjacent to an activating group) is 1. The molecule has 0 amide bonds. The van der Waals surface area contributed by atoms with Gasteiger partial charge in [0.25, 0.3) is 0 Å². The summed E-state index contributed by atoms with van der Waals surface area (Å²) in [6, 6.07) is 0.697. The number of carboxylic acid groups (broad SMARTS) is 1. The third-order valence-electron chi connectivity index (χ3n) is 1.71. The number of carboxylic acids is 1.